The van der Waals surface area contributed by atoms with E-state index in [-0.39, 0.29) is 0 Å². The number of hydrogen-bond donors (Lipinski definition) is 0. The summed E-state index contributed by atoms with van der Waals surface area (Å²) in [6.45, 7) is 0. The highest BCUT2D eigenvalue weighted by molar-refractivity contribution is 7.27. The second-order valence-corrected chi connectivity index (χ2v) is 18.9. The molecule has 0 unspecified atom stereocenters. The molecule has 4 aromatic rings. The average Bonchev–Trinajstić information content (AvgIpc) is 2.85. The zero-order valence-electron chi connectivity index (χ0n) is 19.1. The van der Waals surface area contributed by atoms with Gasteiger partial charge in [0, 0.05) is 0 Å². The van der Waals surface area contributed by atoms with Crippen LogP contribution in [0.15, 0.2) is 121 Å². The largest absolute Gasteiger partial charge is 0.241 e. The summed E-state index contributed by atoms with van der Waals surface area (Å²) in [4.78, 5) is 0. The molecule has 170 valence electrons. The van der Waals surface area contributed by atoms with E-state index in [0.717, 1.165) is 24.2 Å². The van der Waals surface area contributed by atoms with E-state index in [2.05, 4.69) is 108 Å². The molecule has 0 bridgehead atoms. The van der Waals surface area contributed by atoms with Gasteiger partial charge < -0.3 is 0 Å². The SMILES string of the molecule is Cl[Si](C#C[Si](Cl)(Cc1ccccc1)Cc1ccccc1)(Cc1ccccc1)Cc1ccccc1. The summed E-state index contributed by atoms with van der Waals surface area (Å²) in [5.41, 5.74) is 12.3. The first-order chi connectivity index (χ1) is 16.5. The normalized spacial score (nSPS) is 11.5. The van der Waals surface area contributed by atoms with Crippen LogP contribution in [-0.4, -0.2) is 14.8 Å². The summed E-state index contributed by atoms with van der Waals surface area (Å²) in [5.74, 6) is 0. The van der Waals surface area contributed by atoms with Gasteiger partial charge in [0.25, 0.3) is 0 Å². The molecular weight excluding hydrogens is 487 g/mol. The third-order valence-corrected chi connectivity index (χ3v) is 13.3. The highest BCUT2D eigenvalue weighted by Crippen LogP contribution is 2.25. The van der Waals surface area contributed by atoms with Crippen LogP contribution in [0.1, 0.15) is 22.3 Å². The molecular formula is C30H28Cl2Si2. The molecule has 4 aromatic carbocycles. The standard InChI is InChI=1S/C30H28Cl2Si2/c31-33(23-27-13-5-1-6-14-27,24-28-15-7-2-8-16-28)21-22-34(32,25-29-17-9-3-10-18-29)26-30-19-11-4-12-20-30/h1-20H,23-26H2. The van der Waals surface area contributed by atoms with Crippen LogP contribution in [0.25, 0.3) is 0 Å². The Morgan fingerprint density at radius 1 is 0.382 bits per heavy atom. The van der Waals surface area contributed by atoms with Crippen LogP contribution >= 0.6 is 22.2 Å². The molecule has 0 saturated heterocycles. The molecule has 0 radical (unpaired) electrons. The summed E-state index contributed by atoms with van der Waals surface area (Å²) in [5, 5.41) is 0. The van der Waals surface area contributed by atoms with E-state index in [0.29, 0.717) is 0 Å². The Balaban J connectivity index is 1.69. The van der Waals surface area contributed by atoms with Crippen LogP contribution in [0.3, 0.4) is 0 Å². The van der Waals surface area contributed by atoms with Gasteiger partial charge in [0.1, 0.15) is 0 Å². The smallest absolute Gasteiger partial charge is 0.149 e. The van der Waals surface area contributed by atoms with Crippen molar-refractivity contribution in [3.05, 3.63) is 144 Å². The minimum atomic E-state index is -2.51. The van der Waals surface area contributed by atoms with Gasteiger partial charge >= 0.3 is 0 Å². The van der Waals surface area contributed by atoms with E-state index in [4.69, 9.17) is 22.2 Å². The second kappa shape index (κ2) is 11.7. The molecule has 0 atom stereocenters. The minimum Gasteiger partial charge on any atom is -0.149 e. The minimum absolute atomic E-state index is 0.801. The Morgan fingerprint density at radius 3 is 0.794 bits per heavy atom. The summed E-state index contributed by atoms with van der Waals surface area (Å²) >= 11 is 14.9. The van der Waals surface area contributed by atoms with Crippen molar-refractivity contribution in [2.75, 3.05) is 0 Å². The third kappa shape index (κ3) is 7.48. The molecule has 4 heteroatoms. The van der Waals surface area contributed by atoms with Crippen molar-refractivity contribution in [1.82, 2.24) is 0 Å². The summed E-state index contributed by atoms with van der Waals surface area (Å²) < 4.78 is 0. The van der Waals surface area contributed by atoms with E-state index in [1.165, 1.54) is 22.3 Å². The quantitative estimate of drug-likeness (QED) is 0.129. The van der Waals surface area contributed by atoms with Crippen molar-refractivity contribution >= 4 is 36.9 Å². The molecule has 0 heterocycles. The lowest BCUT2D eigenvalue weighted by atomic mass is 10.2. The first-order valence-corrected chi connectivity index (χ1v) is 18.5. The topological polar surface area (TPSA) is 0 Å². The fraction of sp³-hybridized carbons (Fsp3) is 0.133. The van der Waals surface area contributed by atoms with Crippen molar-refractivity contribution in [3.8, 4) is 11.1 Å². The fourth-order valence-corrected chi connectivity index (χ4v) is 12.8. The van der Waals surface area contributed by atoms with Crippen LogP contribution in [0.4, 0.5) is 0 Å². The van der Waals surface area contributed by atoms with Crippen LogP contribution in [-0.2, 0) is 24.2 Å². The number of rotatable bonds is 8. The van der Waals surface area contributed by atoms with Crippen molar-refractivity contribution < 1.29 is 0 Å². The van der Waals surface area contributed by atoms with Crippen LogP contribution in [0.5, 0.6) is 0 Å². The first-order valence-electron chi connectivity index (χ1n) is 11.6. The van der Waals surface area contributed by atoms with Gasteiger partial charge in [0.05, 0.1) is 0 Å². The van der Waals surface area contributed by atoms with Gasteiger partial charge in [0.2, 0.25) is 14.8 Å². The van der Waals surface area contributed by atoms with E-state index in [9.17, 15) is 0 Å². The van der Waals surface area contributed by atoms with E-state index >= 15 is 0 Å². The number of hydrogen-bond acceptors (Lipinski definition) is 0. The molecule has 34 heavy (non-hydrogen) atoms. The maximum absolute atomic E-state index is 7.45. The molecule has 0 aromatic heterocycles. The lowest BCUT2D eigenvalue weighted by molar-refractivity contribution is 1.26. The van der Waals surface area contributed by atoms with Crippen LogP contribution in [0, 0.1) is 11.1 Å². The highest BCUT2D eigenvalue weighted by Gasteiger charge is 2.34. The number of halogens is 2. The van der Waals surface area contributed by atoms with Gasteiger partial charge in [-0.05, 0) is 46.4 Å². The maximum atomic E-state index is 7.45. The van der Waals surface area contributed by atoms with Crippen LogP contribution < -0.4 is 0 Å². The molecule has 0 N–H and O–H groups in total. The van der Waals surface area contributed by atoms with Crippen molar-refractivity contribution in [3.63, 3.8) is 0 Å². The average molecular weight is 516 g/mol. The van der Waals surface area contributed by atoms with Crippen molar-refractivity contribution in [1.29, 1.82) is 0 Å². The highest BCUT2D eigenvalue weighted by atomic mass is 35.6. The van der Waals surface area contributed by atoms with Crippen molar-refractivity contribution in [2.24, 2.45) is 0 Å². The monoisotopic (exact) mass is 514 g/mol. The zero-order chi connectivity index (χ0) is 23.7. The Hall–Kier alpha value is -2.55. The summed E-state index contributed by atoms with van der Waals surface area (Å²) in [6, 6.07) is 45.1. The molecule has 0 aliphatic heterocycles. The van der Waals surface area contributed by atoms with Gasteiger partial charge in [-0.3, -0.25) is 0 Å². The molecule has 0 aliphatic rings. The van der Waals surface area contributed by atoms with Gasteiger partial charge in [-0.1, -0.05) is 121 Å². The maximum Gasteiger partial charge on any atom is 0.241 e. The zero-order valence-corrected chi connectivity index (χ0v) is 22.6. The molecule has 0 fully saturated rings. The lowest BCUT2D eigenvalue weighted by Crippen LogP contribution is -2.37. The summed E-state index contributed by atoms with van der Waals surface area (Å²) in [7, 11) is -5.03. The molecule has 0 amide bonds. The lowest BCUT2D eigenvalue weighted by Gasteiger charge is -2.22. The Kier molecular flexibility index (Phi) is 8.48. The van der Waals surface area contributed by atoms with Crippen molar-refractivity contribution in [2.45, 2.75) is 24.2 Å². The third-order valence-electron chi connectivity index (χ3n) is 5.82. The predicted octanol–water partition coefficient (Wildman–Crippen LogP) is 7.56. The Labute approximate surface area is 215 Å². The van der Waals surface area contributed by atoms with Gasteiger partial charge in [-0.15, -0.1) is 33.2 Å². The van der Waals surface area contributed by atoms with E-state index in [1.807, 2.05) is 24.3 Å². The summed E-state index contributed by atoms with van der Waals surface area (Å²) in [6.07, 6.45) is 0. The first kappa shape index (κ1) is 24.6. The number of benzene rings is 4. The van der Waals surface area contributed by atoms with Gasteiger partial charge in [0.15, 0.2) is 0 Å². The Bertz CT molecular complexity index is 1040. The Morgan fingerprint density at radius 2 is 0.588 bits per heavy atom. The molecule has 4 rings (SSSR count). The van der Waals surface area contributed by atoms with Crippen LogP contribution in [0.2, 0.25) is 0 Å². The van der Waals surface area contributed by atoms with Gasteiger partial charge in [-0.25, -0.2) is 0 Å². The predicted molar refractivity (Wildman–Crippen MR) is 152 cm³/mol. The molecule has 0 spiro atoms. The second-order valence-electron chi connectivity index (χ2n) is 8.83. The molecule has 0 saturated carbocycles. The van der Waals surface area contributed by atoms with E-state index in [1.54, 1.807) is 0 Å². The fourth-order valence-electron chi connectivity index (χ4n) is 4.20. The van der Waals surface area contributed by atoms with E-state index < -0.39 is 14.8 Å². The van der Waals surface area contributed by atoms with Gasteiger partial charge in [-0.2, -0.15) is 0 Å². The molecule has 0 nitrogen and oxygen atoms in total. The molecule has 0 aliphatic carbocycles.